The summed E-state index contributed by atoms with van der Waals surface area (Å²) in [6.45, 7) is 16.4. The number of hydrogen-bond acceptors (Lipinski definition) is 16. The Morgan fingerprint density at radius 1 is 0.591 bits per heavy atom. The third kappa shape index (κ3) is 35.0. The van der Waals surface area contributed by atoms with Crippen LogP contribution in [-0.4, -0.2) is 185 Å². The Morgan fingerprint density at radius 3 is 1.44 bits per heavy atom. The number of benzene rings is 1. The summed E-state index contributed by atoms with van der Waals surface area (Å²) in [5.74, 6) is -1.70. The van der Waals surface area contributed by atoms with Crippen molar-refractivity contribution in [3.05, 3.63) is 29.8 Å². The first-order chi connectivity index (χ1) is 31.7. The van der Waals surface area contributed by atoms with Crippen molar-refractivity contribution < 1.29 is 76.4 Å². The van der Waals surface area contributed by atoms with Crippen LogP contribution in [0.1, 0.15) is 59.4 Å². The number of urea groups is 1. The van der Waals surface area contributed by atoms with Gasteiger partial charge in [0.05, 0.1) is 126 Å². The first-order valence-corrected chi connectivity index (χ1v) is 22.5. The van der Waals surface area contributed by atoms with E-state index in [1.165, 1.54) is 0 Å². The molecule has 1 aromatic rings. The average molecular weight is 947 g/mol. The molecule has 66 heavy (non-hydrogen) atoms. The van der Waals surface area contributed by atoms with Crippen molar-refractivity contribution in [3.8, 4) is 0 Å². The summed E-state index contributed by atoms with van der Waals surface area (Å²) in [7, 11) is 0. The molecule has 6 amide bonds. The number of primary amides is 1. The van der Waals surface area contributed by atoms with Gasteiger partial charge in [-0.1, -0.05) is 26.0 Å². The summed E-state index contributed by atoms with van der Waals surface area (Å²) in [5.41, 5.74) is 5.75. The predicted molar refractivity (Wildman–Crippen MR) is 243 cm³/mol. The van der Waals surface area contributed by atoms with Crippen LogP contribution in [0.15, 0.2) is 24.3 Å². The highest BCUT2D eigenvalue weighted by atomic mass is 16.6. The van der Waals surface area contributed by atoms with E-state index in [1.807, 2.05) is 0 Å². The molecule has 0 bridgehead atoms. The number of alkyl carbamates (subject to hydrolysis) is 1. The predicted octanol–water partition coefficient (Wildman–Crippen LogP) is 1.26. The van der Waals surface area contributed by atoms with Gasteiger partial charge in [0.25, 0.3) is 0 Å². The van der Waals surface area contributed by atoms with E-state index in [4.69, 9.17) is 53.1 Å². The molecule has 0 heterocycles. The summed E-state index contributed by atoms with van der Waals surface area (Å²) in [4.78, 5) is 61.8. The van der Waals surface area contributed by atoms with E-state index >= 15 is 0 Å². The molecule has 0 radical (unpaired) electrons. The molecule has 0 aliphatic rings. The van der Waals surface area contributed by atoms with Gasteiger partial charge in [-0.05, 0) is 57.2 Å². The minimum Gasteiger partial charge on any atom is -0.444 e. The van der Waals surface area contributed by atoms with Gasteiger partial charge in [0.2, 0.25) is 17.7 Å². The van der Waals surface area contributed by atoms with Crippen molar-refractivity contribution in [3.63, 3.8) is 0 Å². The van der Waals surface area contributed by atoms with E-state index in [0.717, 1.165) is 0 Å². The second-order valence-electron chi connectivity index (χ2n) is 15.8. The molecular weight excluding hydrogens is 869 g/mol. The zero-order valence-corrected chi connectivity index (χ0v) is 39.7. The van der Waals surface area contributed by atoms with E-state index in [9.17, 15) is 29.1 Å². The minimum atomic E-state index is -0.973. The molecule has 0 aromatic heterocycles. The molecule has 0 spiro atoms. The highest BCUT2D eigenvalue weighted by molar-refractivity contribution is 5.98. The minimum absolute atomic E-state index is 0.0123. The van der Waals surface area contributed by atoms with Crippen molar-refractivity contribution in [2.45, 2.75) is 78.2 Å². The van der Waals surface area contributed by atoms with Gasteiger partial charge in [-0.3, -0.25) is 14.4 Å². The zero-order valence-electron chi connectivity index (χ0n) is 39.7. The van der Waals surface area contributed by atoms with E-state index in [2.05, 4.69) is 26.6 Å². The lowest BCUT2D eigenvalue weighted by molar-refractivity contribution is -0.132. The third-order valence-corrected chi connectivity index (χ3v) is 8.64. The van der Waals surface area contributed by atoms with Crippen LogP contribution in [0.4, 0.5) is 15.3 Å². The maximum Gasteiger partial charge on any atom is 0.407 e. The molecule has 380 valence electrons. The van der Waals surface area contributed by atoms with Gasteiger partial charge in [-0.2, -0.15) is 0 Å². The summed E-state index contributed by atoms with van der Waals surface area (Å²) in [6.07, 6.45) is 0.0815. The lowest BCUT2D eigenvalue weighted by Gasteiger charge is -2.25. The summed E-state index contributed by atoms with van der Waals surface area (Å²) >= 11 is 0. The fourth-order valence-corrected chi connectivity index (χ4v) is 5.32. The maximum atomic E-state index is 13.3. The molecule has 1 rings (SSSR count). The van der Waals surface area contributed by atoms with Crippen LogP contribution in [0.3, 0.4) is 0 Å². The second kappa shape index (κ2) is 38.8. The lowest BCUT2D eigenvalue weighted by atomic mass is 10.0. The van der Waals surface area contributed by atoms with E-state index < -0.39 is 47.5 Å². The van der Waals surface area contributed by atoms with Gasteiger partial charge < -0.3 is 84.8 Å². The molecule has 1 aromatic carbocycles. The first kappa shape index (κ1) is 59.8. The molecule has 0 saturated carbocycles. The van der Waals surface area contributed by atoms with Gasteiger partial charge in [0, 0.05) is 25.2 Å². The molecular formula is C44H78N6O16. The van der Waals surface area contributed by atoms with Crippen molar-refractivity contribution in [2.75, 3.05) is 137 Å². The van der Waals surface area contributed by atoms with Crippen LogP contribution in [0, 0.1) is 5.92 Å². The molecule has 22 heteroatoms. The van der Waals surface area contributed by atoms with Crippen molar-refractivity contribution in [1.82, 2.24) is 21.3 Å². The van der Waals surface area contributed by atoms with Gasteiger partial charge in [0.15, 0.2) is 0 Å². The van der Waals surface area contributed by atoms with Gasteiger partial charge >= 0.3 is 12.1 Å². The number of amides is 6. The summed E-state index contributed by atoms with van der Waals surface area (Å²) < 4.78 is 54.4. The lowest BCUT2D eigenvalue weighted by Crippen LogP contribution is -2.54. The van der Waals surface area contributed by atoms with Crippen LogP contribution in [0.25, 0.3) is 0 Å². The first-order valence-electron chi connectivity index (χ1n) is 22.5. The number of carbonyl (C=O) groups excluding carboxylic acids is 5. The Bertz CT molecular complexity index is 1440. The Kier molecular flexibility index (Phi) is 35.2. The topological polar surface area (TPSA) is 284 Å². The highest BCUT2D eigenvalue weighted by Gasteiger charge is 2.29. The number of hydrogen-bond donors (Lipinski definition) is 7. The fourth-order valence-electron chi connectivity index (χ4n) is 5.32. The molecule has 0 fully saturated rings. The van der Waals surface area contributed by atoms with Gasteiger partial charge in [0.1, 0.15) is 17.7 Å². The van der Waals surface area contributed by atoms with Crippen molar-refractivity contribution in [2.24, 2.45) is 11.7 Å². The number of rotatable bonds is 41. The largest absolute Gasteiger partial charge is 0.444 e. The Hall–Kier alpha value is -4.23. The quantitative estimate of drug-likeness (QED) is 0.0455. The number of nitrogens with one attached hydrogen (secondary N) is 5. The number of anilines is 1. The zero-order chi connectivity index (χ0) is 48.7. The monoisotopic (exact) mass is 947 g/mol. The third-order valence-electron chi connectivity index (χ3n) is 8.64. The van der Waals surface area contributed by atoms with Gasteiger partial charge in [-0.25, -0.2) is 9.59 Å². The van der Waals surface area contributed by atoms with Gasteiger partial charge in [-0.15, -0.1) is 0 Å². The van der Waals surface area contributed by atoms with Crippen molar-refractivity contribution >= 4 is 35.5 Å². The standard InChI is InChI=1S/C44H78N6O16/c1-34(2)39(41(54)49-37(7-6-13-46-42(45)55)40(53)48-36-10-8-35(33-51)9-11-36)50-38(52)12-15-57-17-19-59-21-23-61-25-27-63-29-31-65-32-30-64-28-26-62-24-22-60-20-18-58-16-14-47-43(56)66-44(3,4)5/h8-11,34,37,39,51H,6-7,12-33H2,1-5H3,(H,47,56)(H,48,53)(H,49,54)(H,50,52)(H3,45,46,55)/t37-,39-/m0/s1. The molecule has 2 atom stereocenters. The summed E-state index contributed by atoms with van der Waals surface area (Å²) in [5, 5.41) is 22.6. The number of aliphatic hydroxyl groups is 1. The number of carbonyl (C=O) groups is 5. The molecule has 8 N–H and O–H groups in total. The number of ether oxygens (including phenoxy) is 10. The normalized spacial score (nSPS) is 12.3. The smallest absolute Gasteiger partial charge is 0.407 e. The number of aliphatic hydroxyl groups excluding tert-OH is 1. The van der Waals surface area contributed by atoms with Crippen LogP contribution >= 0.6 is 0 Å². The van der Waals surface area contributed by atoms with Crippen molar-refractivity contribution in [1.29, 1.82) is 0 Å². The maximum absolute atomic E-state index is 13.3. The Morgan fingerprint density at radius 2 is 1.03 bits per heavy atom. The number of nitrogens with two attached hydrogens (primary N) is 1. The Labute approximate surface area is 389 Å². The molecule has 0 unspecified atom stereocenters. The molecule has 22 nitrogen and oxygen atoms in total. The van der Waals surface area contributed by atoms with Crippen LogP contribution in [-0.2, 0) is 68.4 Å². The second-order valence-corrected chi connectivity index (χ2v) is 15.8. The van der Waals surface area contributed by atoms with Crippen LogP contribution < -0.4 is 32.3 Å². The van der Waals surface area contributed by atoms with Crippen LogP contribution in [0.5, 0.6) is 0 Å². The SMILES string of the molecule is CC(C)[C@H](NC(=O)CCOCCOCCOCCOCCOCCOCCOCCOCCOCCNC(=O)OC(C)(C)C)C(=O)N[C@@H](CCCNC(N)=O)C(=O)Nc1ccc(CO)cc1. The average Bonchev–Trinajstić information content (AvgIpc) is 3.26. The Balaban J connectivity index is 2.01. The van der Waals surface area contributed by atoms with Crippen LogP contribution in [0.2, 0.25) is 0 Å². The van der Waals surface area contributed by atoms with E-state index in [0.29, 0.717) is 130 Å². The molecule has 0 aliphatic carbocycles. The fraction of sp³-hybridized carbons (Fsp3) is 0.750. The summed E-state index contributed by atoms with van der Waals surface area (Å²) in [6, 6.07) is 4.01. The highest BCUT2D eigenvalue weighted by Crippen LogP contribution is 2.12. The van der Waals surface area contributed by atoms with E-state index in [1.54, 1.807) is 58.9 Å². The molecule has 0 saturated heterocycles. The molecule has 0 aliphatic heterocycles. The van der Waals surface area contributed by atoms with E-state index in [-0.39, 0.29) is 45.1 Å².